The normalized spacial score (nSPS) is 23.5. The third kappa shape index (κ3) is 3.65. The second-order valence-corrected chi connectivity index (χ2v) is 7.99. The molecule has 0 heterocycles. The van der Waals surface area contributed by atoms with Crippen LogP contribution in [0.25, 0.3) is 0 Å². The second kappa shape index (κ2) is 6.46. The highest BCUT2D eigenvalue weighted by Crippen LogP contribution is 2.28. The zero-order valence-electron chi connectivity index (χ0n) is 13.2. The Kier molecular flexibility index (Phi) is 5.07. The number of rotatable bonds is 4. The molecule has 5 heteroatoms. The first kappa shape index (κ1) is 16.5. The van der Waals surface area contributed by atoms with Crippen molar-refractivity contribution in [1.29, 1.82) is 0 Å². The number of sulfonamides is 1. The van der Waals surface area contributed by atoms with E-state index >= 15 is 0 Å². The van der Waals surface area contributed by atoms with E-state index in [-0.39, 0.29) is 12.1 Å². The average Bonchev–Trinajstić information content (AvgIpc) is 2.40. The molecule has 0 aliphatic heterocycles. The molecule has 0 radical (unpaired) electrons. The molecular formula is C16H26N2O2S. The fourth-order valence-electron chi connectivity index (χ4n) is 3.23. The maximum atomic E-state index is 12.9. The minimum atomic E-state index is -3.42. The van der Waals surface area contributed by atoms with Crippen LogP contribution in [0.5, 0.6) is 0 Å². The third-order valence-electron chi connectivity index (χ3n) is 4.26. The molecule has 1 aromatic carbocycles. The van der Waals surface area contributed by atoms with Gasteiger partial charge in [-0.1, -0.05) is 13.0 Å². The lowest BCUT2D eigenvalue weighted by Gasteiger charge is -2.34. The highest BCUT2D eigenvalue weighted by atomic mass is 32.2. The van der Waals surface area contributed by atoms with E-state index < -0.39 is 10.0 Å². The minimum Gasteiger partial charge on any atom is -0.328 e. The molecule has 0 unspecified atom stereocenters. The summed E-state index contributed by atoms with van der Waals surface area (Å²) in [6.07, 6.45) is 3.53. The zero-order chi connectivity index (χ0) is 15.6. The van der Waals surface area contributed by atoms with Gasteiger partial charge >= 0.3 is 0 Å². The van der Waals surface area contributed by atoms with Crippen LogP contribution >= 0.6 is 0 Å². The average molecular weight is 310 g/mol. The van der Waals surface area contributed by atoms with Gasteiger partial charge in [0.25, 0.3) is 0 Å². The molecule has 0 saturated heterocycles. The smallest absolute Gasteiger partial charge is 0.243 e. The molecule has 2 rings (SSSR count). The van der Waals surface area contributed by atoms with Crippen LogP contribution in [0.1, 0.15) is 43.7 Å². The van der Waals surface area contributed by atoms with Gasteiger partial charge in [-0.3, -0.25) is 0 Å². The molecule has 1 saturated carbocycles. The van der Waals surface area contributed by atoms with Gasteiger partial charge < -0.3 is 5.73 Å². The molecule has 0 aromatic heterocycles. The SMILES string of the molecule is CCN(C1CCC(N)CC1)S(=O)(=O)c1cc(C)cc(C)c1. The van der Waals surface area contributed by atoms with Gasteiger partial charge in [0.05, 0.1) is 4.90 Å². The lowest BCUT2D eigenvalue weighted by Crippen LogP contribution is -2.44. The van der Waals surface area contributed by atoms with E-state index in [9.17, 15) is 8.42 Å². The van der Waals surface area contributed by atoms with Crippen molar-refractivity contribution in [2.75, 3.05) is 6.54 Å². The van der Waals surface area contributed by atoms with E-state index in [0.717, 1.165) is 36.8 Å². The van der Waals surface area contributed by atoms with Gasteiger partial charge in [-0.05, 0) is 62.8 Å². The Balaban J connectivity index is 2.31. The Morgan fingerprint density at radius 1 is 1.10 bits per heavy atom. The predicted octanol–water partition coefficient (Wildman–Crippen LogP) is 2.58. The summed E-state index contributed by atoms with van der Waals surface area (Å²) in [6, 6.07) is 5.83. The Hall–Kier alpha value is -0.910. The topological polar surface area (TPSA) is 63.4 Å². The summed E-state index contributed by atoms with van der Waals surface area (Å²) in [5, 5.41) is 0. The summed E-state index contributed by atoms with van der Waals surface area (Å²) in [7, 11) is -3.42. The summed E-state index contributed by atoms with van der Waals surface area (Å²) in [6.45, 7) is 6.29. The van der Waals surface area contributed by atoms with Crippen molar-refractivity contribution in [1.82, 2.24) is 4.31 Å². The second-order valence-electron chi connectivity index (χ2n) is 6.10. The van der Waals surface area contributed by atoms with Gasteiger partial charge in [0.1, 0.15) is 0 Å². The van der Waals surface area contributed by atoms with Gasteiger partial charge in [-0.25, -0.2) is 8.42 Å². The van der Waals surface area contributed by atoms with E-state index in [2.05, 4.69) is 0 Å². The summed E-state index contributed by atoms with van der Waals surface area (Å²) >= 11 is 0. The molecule has 118 valence electrons. The molecule has 1 aliphatic rings. The molecule has 0 atom stereocenters. The van der Waals surface area contributed by atoms with Crippen LogP contribution in [0.2, 0.25) is 0 Å². The van der Waals surface area contributed by atoms with Gasteiger partial charge in [0.15, 0.2) is 0 Å². The predicted molar refractivity (Wildman–Crippen MR) is 85.7 cm³/mol. The van der Waals surface area contributed by atoms with E-state index in [0.29, 0.717) is 11.4 Å². The van der Waals surface area contributed by atoms with Gasteiger partial charge in [-0.15, -0.1) is 0 Å². The summed E-state index contributed by atoms with van der Waals surface area (Å²) < 4.78 is 27.5. The van der Waals surface area contributed by atoms with Gasteiger partial charge in [0, 0.05) is 18.6 Å². The zero-order valence-corrected chi connectivity index (χ0v) is 14.0. The number of nitrogens with zero attached hydrogens (tertiary/aromatic N) is 1. The molecule has 0 bridgehead atoms. The first-order valence-electron chi connectivity index (χ1n) is 7.70. The number of hydrogen-bond acceptors (Lipinski definition) is 3. The van der Waals surface area contributed by atoms with Gasteiger partial charge in [0.2, 0.25) is 10.0 Å². The molecule has 21 heavy (non-hydrogen) atoms. The molecule has 2 N–H and O–H groups in total. The first-order valence-corrected chi connectivity index (χ1v) is 9.14. The van der Waals surface area contributed by atoms with E-state index in [4.69, 9.17) is 5.73 Å². The van der Waals surface area contributed by atoms with E-state index in [1.807, 2.05) is 26.8 Å². The van der Waals surface area contributed by atoms with Crippen molar-refractivity contribution in [3.05, 3.63) is 29.3 Å². The van der Waals surface area contributed by atoms with E-state index in [1.165, 1.54) is 0 Å². The van der Waals surface area contributed by atoms with Crippen molar-refractivity contribution < 1.29 is 8.42 Å². The summed E-state index contributed by atoms with van der Waals surface area (Å²) in [5.41, 5.74) is 7.89. The molecule has 0 amide bonds. The summed E-state index contributed by atoms with van der Waals surface area (Å²) in [4.78, 5) is 0.414. The highest BCUT2D eigenvalue weighted by molar-refractivity contribution is 7.89. The molecule has 4 nitrogen and oxygen atoms in total. The van der Waals surface area contributed by atoms with Crippen molar-refractivity contribution in [3.63, 3.8) is 0 Å². The molecule has 1 aromatic rings. The fourth-order valence-corrected chi connectivity index (χ4v) is 5.11. The molecule has 0 spiro atoms. The summed E-state index contributed by atoms with van der Waals surface area (Å²) in [5.74, 6) is 0. The van der Waals surface area contributed by atoms with Crippen LogP contribution in [-0.2, 0) is 10.0 Å². The molecule has 1 fully saturated rings. The van der Waals surface area contributed by atoms with Crippen LogP contribution in [-0.4, -0.2) is 31.4 Å². The Morgan fingerprint density at radius 2 is 1.62 bits per heavy atom. The maximum absolute atomic E-state index is 12.9. The number of hydrogen-bond donors (Lipinski definition) is 1. The quantitative estimate of drug-likeness (QED) is 0.929. The maximum Gasteiger partial charge on any atom is 0.243 e. The Labute approximate surface area is 128 Å². The Morgan fingerprint density at radius 3 is 2.10 bits per heavy atom. The van der Waals surface area contributed by atoms with Crippen molar-refractivity contribution in [2.24, 2.45) is 5.73 Å². The van der Waals surface area contributed by atoms with Crippen molar-refractivity contribution >= 4 is 10.0 Å². The van der Waals surface area contributed by atoms with Gasteiger partial charge in [-0.2, -0.15) is 4.31 Å². The van der Waals surface area contributed by atoms with Crippen LogP contribution < -0.4 is 5.73 Å². The van der Waals surface area contributed by atoms with Crippen LogP contribution in [0.4, 0.5) is 0 Å². The number of aryl methyl sites for hydroxylation is 2. The van der Waals surface area contributed by atoms with Crippen LogP contribution in [0.3, 0.4) is 0 Å². The standard InChI is InChI=1S/C16H26N2O2S/c1-4-18(15-7-5-14(17)6-8-15)21(19,20)16-10-12(2)9-13(3)11-16/h9-11,14-15H,4-8,17H2,1-3H3. The van der Waals surface area contributed by atoms with Crippen LogP contribution in [0.15, 0.2) is 23.1 Å². The van der Waals surface area contributed by atoms with Crippen molar-refractivity contribution in [3.8, 4) is 0 Å². The first-order chi connectivity index (χ1) is 9.84. The highest BCUT2D eigenvalue weighted by Gasteiger charge is 2.32. The lowest BCUT2D eigenvalue weighted by molar-refractivity contribution is 0.247. The number of benzene rings is 1. The minimum absolute atomic E-state index is 0.0839. The monoisotopic (exact) mass is 310 g/mol. The third-order valence-corrected chi connectivity index (χ3v) is 6.27. The molecule has 1 aliphatic carbocycles. The number of nitrogens with two attached hydrogens (primary N) is 1. The van der Waals surface area contributed by atoms with E-state index in [1.54, 1.807) is 16.4 Å². The van der Waals surface area contributed by atoms with Crippen molar-refractivity contribution in [2.45, 2.75) is 63.4 Å². The largest absolute Gasteiger partial charge is 0.328 e. The fraction of sp³-hybridized carbons (Fsp3) is 0.625. The molecular weight excluding hydrogens is 284 g/mol. The van der Waals surface area contributed by atoms with Crippen LogP contribution in [0, 0.1) is 13.8 Å². The lowest BCUT2D eigenvalue weighted by atomic mass is 9.92. The Bertz CT molecular complexity index is 570.